The maximum Gasteiger partial charge on any atom is 0.185 e. The smallest absolute Gasteiger partial charge is 0.185 e. The minimum Gasteiger partial charge on any atom is -0.453 e. The number of nitrogens with zero attached hydrogens (tertiary/aromatic N) is 2. The lowest BCUT2D eigenvalue weighted by atomic mass is 10.1. The molecule has 0 spiro atoms. The lowest BCUT2D eigenvalue weighted by Gasteiger charge is -2.01. The number of fused-ring (bicyclic) bond motifs is 1. The van der Waals surface area contributed by atoms with Crippen molar-refractivity contribution in [2.75, 3.05) is 0 Å². The second-order valence-electron chi connectivity index (χ2n) is 3.55. The SMILES string of the molecule is O=Cc1ccc(-c2cccc3nccnc23)o1. The zero-order valence-corrected chi connectivity index (χ0v) is 8.83. The molecule has 0 saturated heterocycles. The molecule has 3 aromatic rings. The Morgan fingerprint density at radius 2 is 1.94 bits per heavy atom. The first-order valence-corrected chi connectivity index (χ1v) is 5.13. The second kappa shape index (κ2) is 3.83. The first kappa shape index (κ1) is 9.72. The number of furan rings is 1. The van der Waals surface area contributed by atoms with Crippen LogP contribution in [-0.2, 0) is 0 Å². The van der Waals surface area contributed by atoms with Crippen LogP contribution in [-0.4, -0.2) is 16.3 Å². The molecule has 2 aromatic heterocycles. The van der Waals surface area contributed by atoms with E-state index in [2.05, 4.69) is 9.97 Å². The first-order valence-electron chi connectivity index (χ1n) is 5.13. The van der Waals surface area contributed by atoms with E-state index in [1.54, 1.807) is 24.5 Å². The lowest BCUT2D eigenvalue weighted by Crippen LogP contribution is -1.85. The molecule has 3 rings (SSSR count). The highest BCUT2D eigenvalue weighted by Crippen LogP contribution is 2.27. The normalized spacial score (nSPS) is 10.6. The predicted molar refractivity (Wildman–Crippen MR) is 62.6 cm³/mol. The molecule has 4 heteroatoms. The van der Waals surface area contributed by atoms with Gasteiger partial charge in [-0.1, -0.05) is 6.07 Å². The van der Waals surface area contributed by atoms with Crippen LogP contribution in [0.2, 0.25) is 0 Å². The van der Waals surface area contributed by atoms with Crippen molar-refractivity contribution in [3.8, 4) is 11.3 Å². The minimum absolute atomic E-state index is 0.306. The van der Waals surface area contributed by atoms with Gasteiger partial charge in [0, 0.05) is 18.0 Å². The van der Waals surface area contributed by atoms with Gasteiger partial charge >= 0.3 is 0 Å². The Kier molecular flexibility index (Phi) is 2.19. The van der Waals surface area contributed by atoms with Crippen LogP contribution in [0, 0.1) is 0 Å². The average molecular weight is 224 g/mol. The number of rotatable bonds is 2. The highest BCUT2D eigenvalue weighted by Gasteiger charge is 2.09. The van der Waals surface area contributed by atoms with Gasteiger partial charge in [-0.25, -0.2) is 0 Å². The molecular weight excluding hydrogens is 216 g/mol. The van der Waals surface area contributed by atoms with Crippen molar-refractivity contribution in [2.45, 2.75) is 0 Å². The molecule has 0 saturated carbocycles. The van der Waals surface area contributed by atoms with Crippen LogP contribution in [0.5, 0.6) is 0 Å². The zero-order chi connectivity index (χ0) is 11.7. The van der Waals surface area contributed by atoms with Crippen LogP contribution >= 0.6 is 0 Å². The number of aromatic nitrogens is 2. The molecule has 0 aliphatic heterocycles. The molecule has 4 nitrogen and oxygen atoms in total. The summed E-state index contributed by atoms with van der Waals surface area (Å²) < 4.78 is 5.39. The largest absolute Gasteiger partial charge is 0.453 e. The van der Waals surface area contributed by atoms with E-state index >= 15 is 0 Å². The standard InChI is InChI=1S/C13H8N2O2/c16-8-9-4-5-12(17-9)10-2-1-3-11-13(10)15-7-6-14-11/h1-8H. The van der Waals surface area contributed by atoms with Gasteiger partial charge in [-0.3, -0.25) is 14.8 Å². The summed E-state index contributed by atoms with van der Waals surface area (Å²) in [6, 6.07) is 9.06. The van der Waals surface area contributed by atoms with E-state index in [9.17, 15) is 4.79 Å². The summed E-state index contributed by atoms with van der Waals surface area (Å²) >= 11 is 0. The van der Waals surface area contributed by atoms with E-state index in [4.69, 9.17) is 4.42 Å². The fraction of sp³-hybridized carbons (Fsp3) is 0. The van der Waals surface area contributed by atoms with Crippen molar-refractivity contribution in [1.82, 2.24) is 9.97 Å². The highest BCUT2D eigenvalue weighted by atomic mass is 16.3. The molecular formula is C13H8N2O2. The third-order valence-electron chi connectivity index (χ3n) is 2.51. The molecule has 0 radical (unpaired) electrons. The molecule has 0 N–H and O–H groups in total. The second-order valence-corrected chi connectivity index (χ2v) is 3.55. The fourth-order valence-electron chi connectivity index (χ4n) is 1.75. The van der Waals surface area contributed by atoms with Gasteiger partial charge in [0.25, 0.3) is 0 Å². The Bertz CT molecular complexity index is 683. The minimum atomic E-state index is 0.306. The van der Waals surface area contributed by atoms with E-state index in [1.807, 2.05) is 18.2 Å². The number of hydrogen-bond acceptors (Lipinski definition) is 4. The summed E-state index contributed by atoms with van der Waals surface area (Å²) in [6.07, 6.45) is 3.96. The first-order chi connectivity index (χ1) is 8.38. The number of hydrogen-bond donors (Lipinski definition) is 0. The lowest BCUT2D eigenvalue weighted by molar-refractivity contribution is 0.110. The van der Waals surface area contributed by atoms with E-state index < -0.39 is 0 Å². The van der Waals surface area contributed by atoms with Gasteiger partial charge in [0.1, 0.15) is 5.76 Å². The van der Waals surface area contributed by atoms with Crippen LogP contribution < -0.4 is 0 Å². The molecule has 0 fully saturated rings. The zero-order valence-electron chi connectivity index (χ0n) is 8.83. The maximum absolute atomic E-state index is 10.6. The number of carbonyl (C=O) groups is 1. The summed E-state index contributed by atoms with van der Waals surface area (Å²) in [4.78, 5) is 19.1. The van der Waals surface area contributed by atoms with Crippen molar-refractivity contribution in [3.05, 3.63) is 48.5 Å². The van der Waals surface area contributed by atoms with Crippen LogP contribution in [0.25, 0.3) is 22.4 Å². The molecule has 0 atom stereocenters. The van der Waals surface area contributed by atoms with Gasteiger partial charge in [-0.2, -0.15) is 0 Å². The summed E-state index contributed by atoms with van der Waals surface area (Å²) in [5.41, 5.74) is 2.40. The Hall–Kier alpha value is -2.49. The molecule has 0 aliphatic carbocycles. The number of carbonyl (C=O) groups excluding carboxylic acids is 1. The topological polar surface area (TPSA) is 56.0 Å². The predicted octanol–water partition coefficient (Wildman–Crippen LogP) is 2.70. The van der Waals surface area contributed by atoms with Crippen LogP contribution in [0.15, 0.2) is 47.1 Å². The molecule has 2 heterocycles. The van der Waals surface area contributed by atoms with Crippen LogP contribution in [0.4, 0.5) is 0 Å². The molecule has 0 aliphatic rings. The summed E-state index contributed by atoms with van der Waals surface area (Å²) in [5.74, 6) is 0.930. The average Bonchev–Trinajstić information content (AvgIpc) is 2.87. The number of aldehydes is 1. The van der Waals surface area contributed by atoms with Gasteiger partial charge in [0.15, 0.2) is 12.0 Å². The molecule has 0 unspecified atom stereocenters. The third-order valence-corrected chi connectivity index (χ3v) is 2.51. The van der Waals surface area contributed by atoms with Crippen molar-refractivity contribution >= 4 is 17.3 Å². The van der Waals surface area contributed by atoms with Crippen molar-refractivity contribution in [1.29, 1.82) is 0 Å². The Labute approximate surface area is 96.9 Å². The van der Waals surface area contributed by atoms with E-state index in [0.29, 0.717) is 17.8 Å². The van der Waals surface area contributed by atoms with Crippen LogP contribution in [0.1, 0.15) is 10.6 Å². The third kappa shape index (κ3) is 1.59. The maximum atomic E-state index is 10.6. The van der Waals surface area contributed by atoms with Gasteiger partial charge < -0.3 is 4.42 Å². The number of para-hydroxylation sites is 1. The monoisotopic (exact) mass is 224 g/mol. The van der Waals surface area contributed by atoms with Gasteiger partial charge in [0.2, 0.25) is 0 Å². The van der Waals surface area contributed by atoms with E-state index in [0.717, 1.165) is 16.6 Å². The Morgan fingerprint density at radius 3 is 2.76 bits per heavy atom. The van der Waals surface area contributed by atoms with E-state index in [1.165, 1.54) is 0 Å². The molecule has 0 bridgehead atoms. The quantitative estimate of drug-likeness (QED) is 0.628. The Balaban J connectivity index is 2.26. The molecule has 0 amide bonds. The van der Waals surface area contributed by atoms with Crippen molar-refractivity contribution in [2.24, 2.45) is 0 Å². The summed E-state index contributed by atoms with van der Waals surface area (Å²) in [5, 5.41) is 0. The van der Waals surface area contributed by atoms with E-state index in [-0.39, 0.29) is 0 Å². The van der Waals surface area contributed by atoms with Gasteiger partial charge in [-0.15, -0.1) is 0 Å². The summed E-state index contributed by atoms with van der Waals surface area (Å²) in [6.45, 7) is 0. The van der Waals surface area contributed by atoms with Crippen molar-refractivity contribution in [3.63, 3.8) is 0 Å². The van der Waals surface area contributed by atoms with Crippen molar-refractivity contribution < 1.29 is 9.21 Å². The molecule has 1 aromatic carbocycles. The van der Waals surface area contributed by atoms with Gasteiger partial charge in [0.05, 0.1) is 11.0 Å². The summed E-state index contributed by atoms with van der Waals surface area (Å²) in [7, 11) is 0. The van der Waals surface area contributed by atoms with Crippen LogP contribution in [0.3, 0.4) is 0 Å². The van der Waals surface area contributed by atoms with Gasteiger partial charge in [-0.05, 0) is 24.3 Å². The number of benzene rings is 1. The fourth-order valence-corrected chi connectivity index (χ4v) is 1.75. The molecule has 82 valence electrons. The molecule has 17 heavy (non-hydrogen) atoms. The Morgan fingerprint density at radius 1 is 1.06 bits per heavy atom. The highest BCUT2D eigenvalue weighted by molar-refractivity contribution is 5.90.